The highest BCUT2D eigenvalue weighted by Gasteiger charge is 2.30. The van der Waals surface area contributed by atoms with Crippen molar-refractivity contribution in [3.63, 3.8) is 0 Å². The molecule has 0 amide bonds. The van der Waals surface area contributed by atoms with Gasteiger partial charge in [0.05, 0.1) is 26.4 Å². The molecule has 0 bridgehead atoms. The van der Waals surface area contributed by atoms with Gasteiger partial charge in [-0.2, -0.15) is 0 Å². The van der Waals surface area contributed by atoms with Crippen molar-refractivity contribution in [2.75, 3.05) is 39.6 Å². The van der Waals surface area contributed by atoms with Gasteiger partial charge in [-0.15, -0.1) is 0 Å². The summed E-state index contributed by atoms with van der Waals surface area (Å²) in [4.78, 5) is 59.2. The quantitative estimate of drug-likeness (QED) is 0.0146. The molecule has 0 saturated carbocycles. The fourth-order valence-corrected chi connectivity index (χ4v) is 16.0. The van der Waals surface area contributed by atoms with Crippen LogP contribution in [0.15, 0.2) is 158 Å². The topological polar surface area (TPSA) is 231 Å². The second-order valence-corrected chi connectivity index (χ2v) is 37.5. The summed E-state index contributed by atoms with van der Waals surface area (Å²) in [5, 5.41) is 20.8. The Kier molecular flexibility index (Phi) is 96.4. The normalized spacial score (nSPS) is 14.3. The zero-order chi connectivity index (χ0) is 92.1. The molecule has 5 atom stereocenters. The molecule has 0 rings (SSSR count). The number of ether oxygens (including phenoxy) is 3. The largest absolute Gasteiger partial charge is 0.472 e. The predicted molar refractivity (Wildman–Crippen MR) is 537 cm³/mol. The predicted octanol–water partition coefficient (Wildman–Crippen LogP) is 32.8. The molecule has 0 aromatic rings. The molecule has 0 aliphatic carbocycles. The summed E-state index contributed by atoms with van der Waals surface area (Å²) < 4.78 is 61.7. The molecule has 0 aromatic carbocycles. The molecule has 127 heavy (non-hydrogen) atoms. The third kappa shape index (κ3) is 102. The van der Waals surface area contributed by atoms with E-state index in [4.69, 9.17) is 32.3 Å². The van der Waals surface area contributed by atoms with Crippen LogP contribution in [-0.2, 0) is 55.8 Å². The van der Waals surface area contributed by atoms with Crippen molar-refractivity contribution in [2.45, 2.75) is 476 Å². The van der Waals surface area contributed by atoms with Gasteiger partial charge < -0.3 is 34.2 Å². The summed E-state index contributed by atoms with van der Waals surface area (Å²) in [5.41, 5.74) is 0. The molecular formula is C109H190O16P2. The van der Waals surface area contributed by atoms with Crippen LogP contribution in [0.25, 0.3) is 0 Å². The van der Waals surface area contributed by atoms with Crippen LogP contribution in [0.3, 0.4) is 0 Å². The van der Waals surface area contributed by atoms with Crippen molar-refractivity contribution in [2.24, 2.45) is 0 Å². The molecule has 0 aliphatic rings. The minimum absolute atomic E-state index is 0.0952. The van der Waals surface area contributed by atoms with Crippen molar-refractivity contribution >= 4 is 33.6 Å². The number of hydrogen-bond acceptors (Lipinski definition) is 14. The van der Waals surface area contributed by atoms with Crippen molar-refractivity contribution in [3.8, 4) is 0 Å². The van der Waals surface area contributed by atoms with E-state index < -0.39 is 91.5 Å². The molecule has 0 aliphatic heterocycles. The number of phosphoric ester groups is 2. The maximum atomic E-state index is 13.1. The Bertz CT molecular complexity index is 2940. The highest BCUT2D eigenvalue weighted by atomic mass is 31.2. The van der Waals surface area contributed by atoms with E-state index in [2.05, 4.69) is 179 Å². The molecule has 0 fully saturated rings. The summed E-state index contributed by atoms with van der Waals surface area (Å²) in [7, 11) is -9.82. The Hall–Kier alpha value is -4.83. The number of allylic oxidation sites excluding steroid dienone is 26. The Balaban J connectivity index is 4.58. The number of esters is 3. The third-order valence-corrected chi connectivity index (χ3v) is 24.1. The molecule has 0 aromatic heterocycles. The summed E-state index contributed by atoms with van der Waals surface area (Å²) in [6, 6.07) is 0. The van der Waals surface area contributed by atoms with Gasteiger partial charge in [-0.25, -0.2) is 9.13 Å². The van der Waals surface area contributed by atoms with Gasteiger partial charge in [0.1, 0.15) is 25.4 Å². The van der Waals surface area contributed by atoms with Crippen molar-refractivity contribution in [3.05, 3.63) is 158 Å². The van der Waals surface area contributed by atoms with Crippen LogP contribution in [-0.4, -0.2) is 95.9 Å². The van der Waals surface area contributed by atoms with Gasteiger partial charge in [0.25, 0.3) is 0 Å². The number of hydrogen-bond donors (Lipinski definition) is 4. The van der Waals surface area contributed by atoms with E-state index >= 15 is 0 Å². The van der Waals surface area contributed by atoms with Crippen LogP contribution in [0.4, 0.5) is 0 Å². The van der Waals surface area contributed by atoms with Crippen LogP contribution in [0.5, 0.6) is 0 Å². The number of rotatable bonds is 98. The fraction of sp³-hybridized carbons (Fsp3) is 0.734. The van der Waals surface area contributed by atoms with E-state index in [1.807, 2.05) is 0 Å². The smallest absolute Gasteiger partial charge is 0.463 e. The fourth-order valence-electron chi connectivity index (χ4n) is 14.4. The highest BCUT2D eigenvalue weighted by molar-refractivity contribution is 7.47. The first kappa shape index (κ1) is 122. The Morgan fingerprint density at radius 1 is 0.228 bits per heavy atom. The second-order valence-electron chi connectivity index (χ2n) is 34.6. The summed E-state index contributed by atoms with van der Waals surface area (Å²) in [5.74, 6) is -1.56. The minimum atomic E-state index is -4.95. The van der Waals surface area contributed by atoms with Gasteiger partial charge in [0, 0.05) is 19.3 Å². The lowest BCUT2D eigenvalue weighted by molar-refractivity contribution is -0.161. The number of phosphoric acid groups is 2. The van der Waals surface area contributed by atoms with Crippen LogP contribution < -0.4 is 0 Å². The number of aliphatic hydroxyl groups excluding tert-OH is 2. The van der Waals surface area contributed by atoms with Crippen LogP contribution >= 0.6 is 15.6 Å². The van der Waals surface area contributed by atoms with Crippen LogP contribution in [0.1, 0.15) is 457 Å². The van der Waals surface area contributed by atoms with E-state index in [9.17, 15) is 43.5 Å². The first-order valence-corrected chi connectivity index (χ1v) is 54.8. The molecular weight excluding hydrogens is 1630 g/mol. The van der Waals surface area contributed by atoms with E-state index in [0.717, 1.165) is 141 Å². The highest BCUT2D eigenvalue weighted by Crippen LogP contribution is 2.45. The lowest BCUT2D eigenvalue weighted by atomic mass is 10.0. The lowest BCUT2D eigenvalue weighted by Gasteiger charge is -2.21. The van der Waals surface area contributed by atoms with Crippen LogP contribution in [0.2, 0.25) is 0 Å². The molecule has 18 heteroatoms. The molecule has 0 heterocycles. The maximum absolute atomic E-state index is 13.1. The Morgan fingerprint density at radius 3 is 0.661 bits per heavy atom. The van der Waals surface area contributed by atoms with E-state index in [-0.39, 0.29) is 19.3 Å². The van der Waals surface area contributed by atoms with Gasteiger partial charge >= 0.3 is 33.6 Å². The lowest BCUT2D eigenvalue weighted by Crippen LogP contribution is -2.30. The number of aliphatic hydroxyl groups is 2. The second kappa shape index (κ2) is 100. The summed E-state index contributed by atoms with van der Waals surface area (Å²) in [6.45, 7) is 2.59. The zero-order valence-corrected chi connectivity index (χ0v) is 82.9. The van der Waals surface area contributed by atoms with Gasteiger partial charge in [0.15, 0.2) is 6.10 Å². The van der Waals surface area contributed by atoms with Crippen LogP contribution in [0, 0.1) is 0 Å². The SMILES string of the molecule is CC/C=C\C/C=C\C/C=C\C/C=C\C/C=C\CCCCCCCCCCCC(=O)OC(COC(=O)CCCCCCCCCCCCCCCCCCC/C=C\C/C=C\C/C=C\C/C=C\CCCCC)COP(=O)(O)OCC(O)COP(=O)(O)OCC(O)COC(=O)CCCCCCCCCCCCCCCCCCC/C=C\C/C=C\C/C=C\C/C=C\CCCCC. The monoisotopic (exact) mass is 1820 g/mol. The third-order valence-electron chi connectivity index (χ3n) is 22.2. The molecule has 16 nitrogen and oxygen atoms in total. The number of carbonyl (C=O) groups excluding carboxylic acids is 3. The first-order chi connectivity index (χ1) is 62.2. The number of unbranched alkanes of at least 4 members (excludes halogenated alkanes) is 49. The van der Waals surface area contributed by atoms with Crippen molar-refractivity contribution in [1.29, 1.82) is 0 Å². The molecule has 5 unspecified atom stereocenters. The molecule has 0 radical (unpaired) electrons. The van der Waals surface area contributed by atoms with E-state index in [1.165, 1.54) is 257 Å². The van der Waals surface area contributed by atoms with Crippen molar-refractivity contribution in [1.82, 2.24) is 0 Å². The standard InChI is InChI=1S/C109H190O16P2/c1-4-7-10-13-16-19-22-25-28-31-34-37-40-43-45-47-49-51-53-55-57-60-62-65-68-71-74-77-80-83-86-89-92-95-107(112)119-98-104(110)99-121-126(115,116)122-100-105(111)101-123-127(117,118)124-103-106(125-109(114)97-94-91-88-85-82-79-76-73-70-67-64-59-42-39-36-33-30-27-24-21-18-15-12-9-6-3)102-120-108(113)96-93-90-87-84-81-78-75-72-69-66-63-61-58-56-54-52-50-48-46-44-41-38-35-32-29-26-23-20-17-14-11-8-5-2/h9,12,16-21,25-30,34-39,43-46,59,64,104-106,110-111H,4-8,10-11,13-15,22-24,31-33,40-42,47-58,60-63,65-103H2,1-3H3,(H,115,116)(H,117,118)/b12-9-,19-16-,20-17-,21-18-,28-25-,29-26-,30-27-,37-34-,38-35-,39-36-,45-43-,46-44-,64-59-. The molecule has 0 saturated heterocycles. The van der Waals surface area contributed by atoms with E-state index in [1.54, 1.807) is 0 Å². The van der Waals surface area contributed by atoms with Gasteiger partial charge in [-0.1, -0.05) is 442 Å². The maximum Gasteiger partial charge on any atom is 0.472 e. The number of carbonyl (C=O) groups is 3. The summed E-state index contributed by atoms with van der Waals surface area (Å²) >= 11 is 0. The Morgan fingerprint density at radius 2 is 0.417 bits per heavy atom. The molecule has 732 valence electrons. The summed E-state index contributed by atoms with van der Waals surface area (Å²) in [6.07, 6.45) is 130. The molecule has 0 spiro atoms. The van der Waals surface area contributed by atoms with Gasteiger partial charge in [-0.05, 0) is 154 Å². The first-order valence-electron chi connectivity index (χ1n) is 51.8. The van der Waals surface area contributed by atoms with E-state index in [0.29, 0.717) is 19.3 Å². The average Bonchev–Trinajstić information content (AvgIpc) is 0.899. The van der Waals surface area contributed by atoms with Gasteiger partial charge in [0.2, 0.25) is 0 Å². The van der Waals surface area contributed by atoms with Crippen molar-refractivity contribution < 1.29 is 75.8 Å². The molecule has 4 N–H and O–H groups in total. The minimum Gasteiger partial charge on any atom is -0.463 e. The Labute approximate surface area is 778 Å². The average molecular weight is 1820 g/mol. The zero-order valence-electron chi connectivity index (χ0n) is 81.2. The van der Waals surface area contributed by atoms with Gasteiger partial charge in [-0.3, -0.25) is 32.5 Å².